The summed E-state index contributed by atoms with van der Waals surface area (Å²) in [7, 11) is 3.22. The number of methoxy groups -OCH3 is 2. The lowest BCUT2D eigenvalue weighted by Crippen LogP contribution is -2.06. The first-order valence-corrected chi connectivity index (χ1v) is 7.44. The monoisotopic (exact) mass is 350 g/mol. The second-order valence-corrected chi connectivity index (χ2v) is 5.84. The molecule has 112 valence electrons. The smallest absolute Gasteiger partial charge is 0.125 e. The van der Waals surface area contributed by atoms with E-state index in [4.69, 9.17) is 9.47 Å². The van der Waals surface area contributed by atoms with Crippen molar-refractivity contribution in [3.63, 3.8) is 0 Å². The van der Waals surface area contributed by atoms with Crippen LogP contribution in [0.1, 0.15) is 28.4 Å². The van der Waals surface area contributed by atoms with Crippen molar-refractivity contribution < 1.29 is 14.6 Å². The van der Waals surface area contributed by atoms with Crippen molar-refractivity contribution in [3.05, 3.63) is 57.1 Å². The molecular formula is C17H19BrO3. The maximum absolute atomic E-state index is 10.8. The van der Waals surface area contributed by atoms with Gasteiger partial charge >= 0.3 is 0 Å². The van der Waals surface area contributed by atoms with Crippen LogP contribution in [-0.4, -0.2) is 19.3 Å². The zero-order valence-electron chi connectivity index (χ0n) is 12.6. The fraction of sp³-hybridized carbons (Fsp3) is 0.294. The second kappa shape index (κ2) is 6.50. The highest BCUT2D eigenvalue weighted by Crippen LogP contribution is 2.37. The number of hydrogen-bond donors (Lipinski definition) is 1. The maximum Gasteiger partial charge on any atom is 0.125 e. The number of aryl methyl sites for hydroxylation is 2. The Bertz CT molecular complexity index is 653. The number of rotatable bonds is 4. The molecule has 0 fully saturated rings. The minimum atomic E-state index is -0.787. The van der Waals surface area contributed by atoms with Crippen molar-refractivity contribution in [2.45, 2.75) is 20.0 Å². The van der Waals surface area contributed by atoms with Crippen LogP contribution in [0, 0.1) is 13.8 Å². The third-order valence-corrected chi connectivity index (χ3v) is 4.21. The molecule has 2 aromatic rings. The van der Waals surface area contributed by atoms with Crippen LogP contribution in [0.4, 0.5) is 0 Å². The third-order valence-electron chi connectivity index (χ3n) is 3.48. The van der Waals surface area contributed by atoms with E-state index in [0.29, 0.717) is 11.5 Å². The Morgan fingerprint density at radius 1 is 1.05 bits per heavy atom. The van der Waals surface area contributed by atoms with Gasteiger partial charge in [0, 0.05) is 15.6 Å². The molecule has 0 radical (unpaired) electrons. The molecule has 2 rings (SSSR count). The predicted octanol–water partition coefficient (Wildman–Crippen LogP) is 4.16. The molecule has 1 atom stereocenters. The molecule has 0 saturated carbocycles. The van der Waals surface area contributed by atoms with Crippen molar-refractivity contribution in [2.75, 3.05) is 14.2 Å². The van der Waals surface area contributed by atoms with E-state index in [1.807, 2.05) is 44.2 Å². The fourth-order valence-corrected chi connectivity index (χ4v) is 2.94. The standard InChI is InChI=1S/C17H19BrO3/c1-10-7-11(2)16(15(8-10)21-4)17(19)13-9-12(20-3)5-6-14(13)18/h5-9,17,19H,1-4H3. The van der Waals surface area contributed by atoms with E-state index in [2.05, 4.69) is 15.9 Å². The minimum absolute atomic E-state index is 0.690. The Kier molecular flexibility index (Phi) is 4.91. The van der Waals surface area contributed by atoms with Crippen LogP contribution in [0.5, 0.6) is 11.5 Å². The molecular weight excluding hydrogens is 332 g/mol. The molecule has 0 bridgehead atoms. The molecule has 21 heavy (non-hydrogen) atoms. The zero-order chi connectivity index (χ0) is 15.6. The molecule has 3 nitrogen and oxygen atoms in total. The highest BCUT2D eigenvalue weighted by molar-refractivity contribution is 9.10. The Balaban J connectivity index is 2.57. The normalized spacial score (nSPS) is 12.1. The molecule has 1 unspecified atom stereocenters. The number of benzene rings is 2. The van der Waals surface area contributed by atoms with Crippen molar-refractivity contribution >= 4 is 15.9 Å². The average Bonchev–Trinajstić information content (AvgIpc) is 2.46. The van der Waals surface area contributed by atoms with Crippen molar-refractivity contribution in [3.8, 4) is 11.5 Å². The lowest BCUT2D eigenvalue weighted by molar-refractivity contribution is 0.212. The van der Waals surface area contributed by atoms with Gasteiger partial charge in [0.05, 0.1) is 14.2 Å². The van der Waals surface area contributed by atoms with E-state index in [1.54, 1.807) is 14.2 Å². The molecule has 4 heteroatoms. The largest absolute Gasteiger partial charge is 0.497 e. The van der Waals surface area contributed by atoms with Gasteiger partial charge in [0.25, 0.3) is 0 Å². The molecule has 0 aromatic heterocycles. The van der Waals surface area contributed by atoms with E-state index >= 15 is 0 Å². The summed E-state index contributed by atoms with van der Waals surface area (Å²) in [4.78, 5) is 0. The van der Waals surface area contributed by atoms with Crippen LogP contribution in [-0.2, 0) is 0 Å². The molecule has 0 amide bonds. The van der Waals surface area contributed by atoms with Gasteiger partial charge in [-0.05, 0) is 49.2 Å². The van der Waals surface area contributed by atoms with Crippen LogP contribution in [0.2, 0.25) is 0 Å². The van der Waals surface area contributed by atoms with E-state index in [1.165, 1.54) is 0 Å². The minimum Gasteiger partial charge on any atom is -0.497 e. The van der Waals surface area contributed by atoms with E-state index < -0.39 is 6.10 Å². The molecule has 0 saturated heterocycles. The average molecular weight is 351 g/mol. The Morgan fingerprint density at radius 2 is 1.76 bits per heavy atom. The summed E-state index contributed by atoms with van der Waals surface area (Å²) in [6.45, 7) is 3.98. The van der Waals surface area contributed by atoms with Crippen molar-refractivity contribution in [1.29, 1.82) is 0 Å². The Labute approximate surface area is 133 Å². The summed E-state index contributed by atoms with van der Waals surface area (Å²) in [5.74, 6) is 1.39. The third kappa shape index (κ3) is 3.22. The van der Waals surface area contributed by atoms with Crippen LogP contribution >= 0.6 is 15.9 Å². The fourth-order valence-electron chi connectivity index (χ4n) is 2.47. The van der Waals surface area contributed by atoms with Gasteiger partial charge in [-0.1, -0.05) is 22.0 Å². The van der Waals surface area contributed by atoms with E-state index in [-0.39, 0.29) is 0 Å². The number of ether oxygens (including phenoxy) is 2. The SMILES string of the molecule is COc1ccc(Br)c(C(O)c2c(C)cc(C)cc2OC)c1. The molecule has 1 N–H and O–H groups in total. The molecule has 0 aliphatic carbocycles. The summed E-state index contributed by atoms with van der Waals surface area (Å²) >= 11 is 3.49. The van der Waals surface area contributed by atoms with Gasteiger partial charge < -0.3 is 14.6 Å². The second-order valence-electron chi connectivity index (χ2n) is 4.99. The molecule has 0 spiro atoms. The van der Waals surface area contributed by atoms with Gasteiger partial charge in [-0.25, -0.2) is 0 Å². The molecule has 2 aromatic carbocycles. The van der Waals surface area contributed by atoms with Gasteiger partial charge in [0.15, 0.2) is 0 Å². The first-order valence-electron chi connectivity index (χ1n) is 6.64. The molecule has 0 aliphatic rings. The summed E-state index contributed by atoms with van der Waals surface area (Å²) < 4.78 is 11.5. The molecule has 0 heterocycles. The number of aliphatic hydroxyl groups is 1. The Hall–Kier alpha value is -1.52. The summed E-state index contributed by atoms with van der Waals surface area (Å²) in [6.07, 6.45) is -0.787. The highest BCUT2D eigenvalue weighted by Gasteiger charge is 2.21. The number of aliphatic hydroxyl groups excluding tert-OH is 1. The summed E-state index contributed by atoms with van der Waals surface area (Å²) in [5, 5.41) is 10.8. The van der Waals surface area contributed by atoms with Crippen LogP contribution in [0.3, 0.4) is 0 Å². The summed E-state index contributed by atoms with van der Waals surface area (Å²) in [6, 6.07) is 9.51. The Morgan fingerprint density at radius 3 is 2.38 bits per heavy atom. The lowest BCUT2D eigenvalue weighted by Gasteiger charge is -2.20. The quantitative estimate of drug-likeness (QED) is 0.899. The van der Waals surface area contributed by atoms with Gasteiger partial charge in [0.1, 0.15) is 17.6 Å². The number of hydrogen-bond acceptors (Lipinski definition) is 3. The predicted molar refractivity (Wildman–Crippen MR) is 87.2 cm³/mol. The molecule has 0 aliphatic heterocycles. The maximum atomic E-state index is 10.8. The van der Waals surface area contributed by atoms with Crippen LogP contribution < -0.4 is 9.47 Å². The first kappa shape index (κ1) is 15.9. The van der Waals surface area contributed by atoms with E-state index in [0.717, 1.165) is 26.7 Å². The van der Waals surface area contributed by atoms with Crippen LogP contribution in [0.25, 0.3) is 0 Å². The number of halogens is 1. The van der Waals surface area contributed by atoms with Crippen molar-refractivity contribution in [2.24, 2.45) is 0 Å². The van der Waals surface area contributed by atoms with Gasteiger partial charge in [0.2, 0.25) is 0 Å². The topological polar surface area (TPSA) is 38.7 Å². The van der Waals surface area contributed by atoms with Gasteiger partial charge in [-0.2, -0.15) is 0 Å². The first-order chi connectivity index (χ1) is 9.97. The summed E-state index contributed by atoms with van der Waals surface area (Å²) in [5.41, 5.74) is 3.62. The zero-order valence-corrected chi connectivity index (χ0v) is 14.2. The lowest BCUT2D eigenvalue weighted by atomic mass is 9.95. The van der Waals surface area contributed by atoms with Gasteiger partial charge in [-0.15, -0.1) is 0 Å². The highest BCUT2D eigenvalue weighted by atomic mass is 79.9. The van der Waals surface area contributed by atoms with Gasteiger partial charge in [-0.3, -0.25) is 0 Å². The van der Waals surface area contributed by atoms with Crippen LogP contribution in [0.15, 0.2) is 34.8 Å². The van der Waals surface area contributed by atoms with Crippen molar-refractivity contribution in [1.82, 2.24) is 0 Å². The van der Waals surface area contributed by atoms with E-state index in [9.17, 15) is 5.11 Å².